The molecule has 0 spiro atoms. The molecule has 2 aromatic rings. The van der Waals surface area contributed by atoms with Crippen LogP contribution in [0.2, 0.25) is 0 Å². The van der Waals surface area contributed by atoms with E-state index in [9.17, 15) is 4.39 Å². The molecule has 302 valence electrons. The van der Waals surface area contributed by atoms with Crippen LogP contribution in [0, 0.1) is 5.82 Å². The van der Waals surface area contributed by atoms with Crippen LogP contribution in [0.25, 0.3) is 0 Å². The van der Waals surface area contributed by atoms with Gasteiger partial charge in [-0.15, -0.1) is 0 Å². The summed E-state index contributed by atoms with van der Waals surface area (Å²) < 4.78 is 52.2. The summed E-state index contributed by atoms with van der Waals surface area (Å²) in [7, 11) is 3.10. The standard InChI is InChI=1S/C37H62FN7O7.ClH/c1-29(14-17-48-20-21-50-24-25-52-27-26-51-23-22-49-19-18-46-2)45-15-12-31(13-16-45)40-36-42-35(39-30-8-6-4-5-7-9-30)43-37(44-36)41-32-10-11-34(47-3)33(38)28-32;/h10-11,28-31H,4-9,12-27H2,1-3H3,(H3,39,40,41,42,43,44);1H. The van der Waals surface area contributed by atoms with Gasteiger partial charge in [0.05, 0.1) is 98.9 Å². The first-order valence-corrected chi connectivity index (χ1v) is 19.2. The number of anilines is 4. The number of benzene rings is 1. The van der Waals surface area contributed by atoms with Gasteiger partial charge in [0.2, 0.25) is 17.8 Å². The second kappa shape index (κ2) is 27.0. The summed E-state index contributed by atoms with van der Waals surface area (Å²) in [5, 5.41) is 10.3. The van der Waals surface area contributed by atoms with Gasteiger partial charge in [0.1, 0.15) is 0 Å². The SMILES string of the molecule is COCCOCCOCCOCCOCCOCCC(C)[NH+]1CCC(Nc2nc(Nc3ccc(OC)c(F)c3)nc(NC3CCCCCC3)n2)CC1.[Cl-]. The van der Waals surface area contributed by atoms with Crippen LogP contribution < -0.4 is 38.0 Å². The summed E-state index contributed by atoms with van der Waals surface area (Å²) >= 11 is 0. The Morgan fingerprint density at radius 3 is 1.68 bits per heavy atom. The number of aromatic nitrogens is 3. The molecule has 1 aliphatic carbocycles. The summed E-state index contributed by atoms with van der Waals surface area (Å²) in [6.45, 7) is 10.7. The van der Waals surface area contributed by atoms with Gasteiger partial charge in [-0.2, -0.15) is 15.0 Å². The zero-order valence-electron chi connectivity index (χ0n) is 32.0. The van der Waals surface area contributed by atoms with Crippen LogP contribution in [0.5, 0.6) is 5.75 Å². The van der Waals surface area contributed by atoms with Crippen LogP contribution in [0.3, 0.4) is 0 Å². The van der Waals surface area contributed by atoms with Crippen molar-refractivity contribution in [2.24, 2.45) is 0 Å². The van der Waals surface area contributed by atoms with E-state index in [0.29, 0.717) is 108 Å². The van der Waals surface area contributed by atoms with Crippen molar-refractivity contribution in [3.05, 3.63) is 24.0 Å². The first kappa shape index (κ1) is 44.8. The molecule has 1 saturated heterocycles. The molecule has 0 bridgehead atoms. The number of hydrogen-bond acceptors (Lipinski definition) is 13. The number of nitrogens with zero attached hydrogens (tertiary/aromatic N) is 3. The third kappa shape index (κ3) is 18.0. The maximum absolute atomic E-state index is 14.4. The minimum absolute atomic E-state index is 0. The second-order valence-corrected chi connectivity index (χ2v) is 13.4. The van der Waals surface area contributed by atoms with Crippen LogP contribution in [-0.4, -0.2) is 133 Å². The van der Waals surface area contributed by atoms with E-state index in [-0.39, 0.29) is 24.2 Å². The molecule has 53 heavy (non-hydrogen) atoms. The zero-order chi connectivity index (χ0) is 36.6. The third-order valence-electron chi connectivity index (χ3n) is 9.50. The Morgan fingerprint density at radius 1 is 0.679 bits per heavy atom. The lowest BCUT2D eigenvalue weighted by Crippen LogP contribution is -3.16. The predicted molar refractivity (Wildman–Crippen MR) is 199 cm³/mol. The Balaban J connectivity index is 0.00000756. The molecule has 1 aromatic carbocycles. The van der Waals surface area contributed by atoms with Crippen molar-refractivity contribution in [2.45, 2.75) is 82.8 Å². The molecule has 1 unspecified atom stereocenters. The number of nitrogens with one attached hydrogen (secondary N) is 4. The average molecular weight is 772 g/mol. The quantitative estimate of drug-likeness (QED) is 0.0795. The number of halogens is 2. The van der Waals surface area contributed by atoms with Crippen molar-refractivity contribution in [1.29, 1.82) is 0 Å². The molecule has 4 N–H and O–H groups in total. The summed E-state index contributed by atoms with van der Waals surface area (Å²) in [6.07, 6.45) is 10.1. The summed E-state index contributed by atoms with van der Waals surface area (Å²) in [5.41, 5.74) is 0.539. The molecule has 1 aromatic heterocycles. The fraction of sp³-hybridized carbons (Fsp3) is 0.757. The van der Waals surface area contributed by atoms with Crippen molar-refractivity contribution in [3.8, 4) is 5.75 Å². The highest BCUT2D eigenvalue weighted by molar-refractivity contribution is 5.57. The number of methoxy groups -OCH3 is 2. The van der Waals surface area contributed by atoms with Crippen molar-refractivity contribution < 1.29 is 54.9 Å². The molecule has 16 heteroatoms. The highest BCUT2D eigenvalue weighted by Gasteiger charge is 2.27. The fourth-order valence-electron chi connectivity index (χ4n) is 6.44. The van der Waals surface area contributed by atoms with E-state index >= 15 is 0 Å². The number of quaternary nitrogens is 1. The van der Waals surface area contributed by atoms with E-state index in [1.807, 2.05) is 0 Å². The lowest BCUT2D eigenvalue weighted by atomic mass is 10.0. The molecule has 2 fully saturated rings. The van der Waals surface area contributed by atoms with Crippen LogP contribution in [-0.2, 0) is 28.4 Å². The Labute approximate surface area is 321 Å². The maximum Gasteiger partial charge on any atom is 0.233 e. The maximum atomic E-state index is 14.4. The third-order valence-corrected chi connectivity index (χ3v) is 9.50. The summed E-state index contributed by atoms with van der Waals surface area (Å²) in [5.74, 6) is 1.16. The van der Waals surface area contributed by atoms with E-state index in [1.165, 1.54) is 38.9 Å². The van der Waals surface area contributed by atoms with E-state index < -0.39 is 5.82 Å². The Kier molecular flexibility index (Phi) is 22.8. The molecule has 0 radical (unpaired) electrons. The summed E-state index contributed by atoms with van der Waals surface area (Å²) in [4.78, 5) is 15.7. The minimum Gasteiger partial charge on any atom is -1.00 e. The number of likely N-dealkylation sites (tertiary alicyclic amines) is 1. The van der Waals surface area contributed by atoms with E-state index in [1.54, 1.807) is 24.1 Å². The van der Waals surface area contributed by atoms with E-state index in [2.05, 4.69) is 32.8 Å². The fourth-order valence-corrected chi connectivity index (χ4v) is 6.44. The highest BCUT2D eigenvalue weighted by Crippen LogP contribution is 2.25. The van der Waals surface area contributed by atoms with Crippen molar-refractivity contribution in [3.63, 3.8) is 0 Å². The number of ether oxygens (including phenoxy) is 7. The minimum atomic E-state index is -0.451. The molecule has 4 rings (SSSR count). The van der Waals surface area contributed by atoms with Gasteiger partial charge in [-0.3, -0.25) is 0 Å². The van der Waals surface area contributed by atoms with Gasteiger partial charge >= 0.3 is 0 Å². The lowest BCUT2D eigenvalue weighted by molar-refractivity contribution is -0.928. The molecule has 1 atom stereocenters. The monoisotopic (exact) mass is 771 g/mol. The Bertz CT molecular complexity index is 1240. The molecule has 2 aliphatic rings. The first-order valence-electron chi connectivity index (χ1n) is 19.2. The smallest absolute Gasteiger partial charge is 0.233 e. The van der Waals surface area contributed by atoms with Crippen molar-refractivity contribution in [2.75, 3.05) is 116 Å². The van der Waals surface area contributed by atoms with Crippen LogP contribution >= 0.6 is 0 Å². The van der Waals surface area contributed by atoms with Crippen molar-refractivity contribution >= 4 is 23.5 Å². The van der Waals surface area contributed by atoms with Crippen LogP contribution in [0.4, 0.5) is 27.9 Å². The average Bonchev–Trinajstić information content (AvgIpc) is 3.42. The second-order valence-electron chi connectivity index (χ2n) is 13.4. The van der Waals surface area contributed by atoms with E-state index in [4.69, 9.17) is 38.1 Å². The topological polar surface area (TPSA) is 144 Å². The molecule has 1 aliphatic heterocycles. The van der Waals surface area contributed by atoms with Crippen LogP contribution in [0.15, 0.2) is 18.2 Å². The van der Waals surface area contributed by atoms with Crippen molar-refractivity contribution in [1.82, 2.24) is 15.0 Å². The van der Waals surface area contributed by atoms with Crippen LogP contribution in [0.1, 0.15) is 64.7 Å². The largest absolute Gasteiger partial charge is 1.00 e. The molecular formula is C37H63ClFN7O7. The summed E-state index contributed by atoms with van der Waals surface area (Å²) in [6, 6.07) is 5.80. The van der Waals surface area contributed by atoms with Gasteiger partial charge in [-0.05, 0) is 31.9 Å². The Morgan fingerprint density at radius 2 is 1.17 bits per heavy atom. The Hall–Kier alpha value is -2.63. The van der Waals surface area contributed by atoms with E-state index in [0.717, 1.165) is 45.2 Å². The highest BCUT2D eigenvalue weighted by atomic mass is 35.5. The van der Waals surface area contributed by atoms with Gasteiger partial charge in [0.25, 0.3) is 0 Å². The normalized spacial score (nSPS) is 18.5. The van der Waals surface area contributed by atoms with Gasteiger partial charge in [-0.25, -0.2) is 4.39 Å². The zero-order valence-corrected chi connectivity index (χ0v) is 32.7. The van der Waals surface area contributed by atoms with Gasteiger partial charge < -0.3 is 66.4 Å². The molecule has 0 amide bonds. The van der Waals surface area contributed by atoms with Gasteiger partial charge in [0.15, 0.2) is 11.6 Å². The first-order chi connectivity index (χ1) is 25.5. The molecule has 2 heterocycles. The number of hydrogen-bond donors (Lipinski definition) is 4. The van der Waals surface area contributed by atoms with Gasteiger partial charge in [-0.1, -0.05) is 25.7 Å². The predicted octanol–water partition coefficient (Wildman–Crippen LogP) is 0.869. The molecule has 14 nitrogen and oxygen atoms in total. The lowest BCUT2D eigenvalue weighted by Gasteiger charge is -2.33. The molecular weight excluding hydrogens is 709 g/mol. The molecule has 1 saturated carbocycles. The number of piperidine rings is 1. The number of rotatable bonds is 26. The van der Waals surface area contributed by atoms with Gasteiger partial charge in [0, 0.05) is 50.2 Å².